The molecule has 4 heteroatoms. The molecule has 1 N–H and O–H groups in total. The Morgan fingerprint density at radius 3 is 2.19 bits per heavy atom. The van der Waals surface area contributed by atoms with E-state index >= 15 is 0 Å². The summed E-state index contributed by atoms with van der Waals surface area (Å²) in [5.41, 5.74) is 0. The molecule has 0 saturated carbocycles. The van der Waals surface area contributed by atoms with Gasteiger partial charge in [-0.05, 0) is 31.6 Å². The molecule has 0 radical (unpaired) electrons. The molecule has 2 amide bonds. The zero-order valence-electron chi connectivity index (χ0n) is 14.5. The fourth-order valence-corrected chi connectivity index (χ4v) is 3.11. The molecule has 1 aliphatic heterocycles. The summed E-state index contributed by atoms with van der Waals surface area (Å²) in [4.78, 5) is 26.9. The van der Waals surface area contributed by atoms with Gasteiger partial charge in [-0.1, -0.05) is 47.5 Å². The maximum absolute atomic E-state index is 12.7. The quantitative estimate of drug-likeness (QED) is 0.785. The van der Waals surface area contributed by atoms with E-state index in [1.165, 1.54) is 6.42 Å². The predicted octanol–water partition coefficient (Wildman–Crippen LogP) is 2.96. The van der Waals surface area contributed by atoms with Gasteiger partial charge >= 0.3 is 0 Å². The van der Waals surface area contributed by atoms with Crippen LogP contribution in [-0.2, 0) is 9.59 Å². The fraction of sp³-hybridized carbons (Fsp3) is 0.882. The smallest absolute Gasteiger partial charge is 0.246 e. The fourth-order valence-electron chi connectivity index (χ4n) is 3.11. The van der Waals surface area contributed by atoms with Crippen molar-refractivity contribution >= 4 is 11.8 Å². The second-order valence-electron chi connectivity index (χ2n) is 7.08. The molecule has 122 valence electrons. The largest absolute Gasteiger partial charge is 0.343 e. The lowest BCUT2D eigenvalue weighted by atomic mass is 9.93. The van der Waals surface area contributed by atoms with E-state index in [1.54, 1.807) is 0 Å². The summed E-state index contributed by atoms with van der Waals surface area (Å²) in [5, 5.41) is 2.88. The number of hydrogen-bond donors (Lipinski definition) is 1. The molecule has 1 fully saturated rings. The number of hydrogen-bond acceptors (Lipinski definition) is 2. The van der Waals surface area contributed by atoms with Crippen LogP contribution < -0.4 is 5.32 Å². The highest BCUT2D eigenvalue weighted by Gasteiger charge is 2.43. The van der Waals surface area contributed by atoms with Crippen LogP contribution in [0.5, 0.6) is 0 Å². The van der Waals surface area contributed by atoms with Crippen molar-refractivity contribution in [3.8, 4) is 0 Å². The van der Waals surface area contributed by atoms with E-state index in [2.05, 4.69) is 26.1 Å². The van der Waals surface area contributed by atoms with Crippen LogP contribution in [0.2, 0.25) is 0 Å². The third-order valence-electron chi connectivity index (χ3n) is 4.36. The summed E-state index contributed by atoms with van der Waals surface area (Å²) < 4.78 is 0. The van der Waals surface area contributed by atoms with Gasteiger partial charge in [0.1, 0.15) is 12.1 Å². The van der Waals surface area contributed by atoms with Gasteiger partial charge in [-0.25, -0.2) is 0 Å². The number of piperazine rings is 1. The third-order valence-corrected chi connectivity index (χ3v) is 4.36. The number of rotatable bonds is 7. The van der Waals surface area contributed by atoms with Crippen molar-refractivity contribution in [1.82, 2.24) is 10.2 Å². The van der Waals surface area contributed by atoms with Crippen LogP contribution in [0.15, 0.2) is 0 Å². The predicted molar refractivity (Wildman–Crippen MR) is 85.8 cm³/mol. The third kappa shape index (κ3) is 4.45. The standard InChI is InChI=1S/C17H32N2O2/c1-7-14-17(21)19(13(6)10-8-9-11(2)3)15(12(4)5)16(20)18-14/h11-15H,7-10H2,1-6H3,(H,18,20). The Labute approximate surface area is 129 Å². The summed E-state index contributed by atoms with van der Waals surface area (Å²) >= 11 is 0. The normalized spacial score (nSPS) is 24.7. The minimum absolute atomic E-state index is 0.00663. The van der Waals surface area contributed by atoms with Crippen LogP contribution in [0.25, 0.3) is 0 Å². The lowest BCUT2D eigenvalue weighted by molar-refractivity contribution is -0.154. The Morgan fingerprint density at radius 1 is 1.10 bits per heavy atom. The number of nitrogens with one attached hydrogen (secondary N) is 1. The van der Waals surface area contributed by atoms with Crippen LogP contribution in [0.3, 0.4) is 0 Å². The lowest BCUT2D eigenvalue weighted by Gasteiger charge is -2.44. The molecular formula is C17H32N2O2. The molecule has 3 unspecified atom stereocenters. The number of nitrogens with zero attached hydrogens (tertiary/aromatic N) is 1. The topological polar surface area (TPSA) is 49.4 Å². The Hall–Kier alpha value is -1.06. The lowest BCUT2D eigenvalue weighted by Crippen LogP contribution is -2.66. The molecule has 1 aliphatic rings. The van der Waals surface area contributed by atoms with E-state index in [9.17, 15) is 9.59 Å². The van der Waals surface area contributed by atoms with E-state index in [0.717, 1.165) is 12.8 Å². The molecule has 0 aromatic heterocycles. The average Bonchev–Trinajstić information content (AvgIpc) is 2.39. The molecule has 0 aromatic carbocycles. The molecule has 1 heterocycles. The number of carbonyl (C=O) groups is 2. The van der Waals surface area contributed by atoms with Crippen molar-refractivity contribution in [3.63, 3.8) is 0 Å². The van der Waals surface area contributed by atoms with E-state index in [1.807, 2.05) is 25.7 Å². The minimum Gasteiger partial charge on any atom is -0.343 e. The molecule has 3 atom stereocenters. The SMILES string of the molecule is CCC1NC(=O)C(C(C)C)N(C(C)CCCC(C)C)C1=O. The molecule has 1 rings (SSSR count). The van der Waals surface area contributed by atoms with Gasteiger partial charge in [0.25, 0.3) is 0 Å². The first-order valence-corrected chi connectivity index (χ1v) is 8.42. The molecule has 21 heavy (non-hydrogen) atoms. The molecule has 1 saturated heterocycles. The van der Waals surface area contributed by atoms with Gasteiger partial charge in [0.15, 0.2) is 0 Å². The highest BCUT2D eigenvalue weighted by atomic mass is 16.2. The monoisotopic (exact) mass is 296 g/mol. The van der Waals surface area contributed by atoms with Crippen LogP contribution in [0.4, 0.5) is 0 Å². The van der Waals surface area contributed by atoms with Crippen molar-refractivity contribution in [2.24, 2.45) is 11.8 Å². The van der Waals surface area contributed by atoms with E-state index in [0.29, 0.717) is 12.3 Å². The van der Waals surface area contributed by atoms with Crippen LogP contribution >= 0.6 is 0 Å². The zero-order valence-corrected chi connectivity index (χ0v) is 14.5. The first-order valence-electron chi connectivity index (χ1n) is 8.42. The second-order valence-corrected chi connectivity index (χ2v) is 7.08. The van der Waals surface area contributed by atoms with Crippen molar-refractivity contribution in [1.29, 1.82) is 0 Å². The summed E-state index contributed by atoms with van der Waals surface area (Å²) in [6.45, 7) is 12.5. The van der Waals surface area contributed by atoms with Crippen molar-refractivity contribution in [2.75, 3.05) is 0 Å². The molecule has 0 aliphatic carbocycles. The maximum Gasteiger partial charge on any atom is 0.246 e. The summed E-state index contributed by atoms with van der Waals surface area (Å²) in [6, 6.07) is -0.543. The molecule has 0 aromatic rings. The molecule has 4 nitrogen and oxygen atoms in total. The van der Waals surface area contributed by atoms with Crippen molar-refractivity contribution < 1.29 is 9.59 Å². The summed E-state index contributed by atoms with van der Waals surface area (Å²) in [7, 11) is 0. The minimum atomic E-state index is -0.347. The number of amides is 2. The Kier molecular flexibility index (Phi) is 6.69. The highest BCUT2D eigenvalue weighted by molar-refractivity contribution is 5.97. The Bertz CT molecular complexity index is 366. The number of carbonyl (C=O) groups excluding carboxylic acids is 2. The zero-order chi connectivity index (χ0) is 16.2. The van der Waals surface area contributed by atoms with Crippen LogP contribution in [0.1, 0.15) is 67.2 Å². The van der Waals surface area contributed by atoms with Gasteiger partial charge in [0.05, 0.1) is 0 Å². The van der Waals surface area contributed by atoms with E-state index < -0.39 is 0 Å². The van der Waals surface area contributed by atoms with Gasteiger partial charge in [0.2, 0.25) is 11.8 Å². The average molecular weight is 296 g/mol. The van der Waals surface area contributed by atoms with Crippen LogP contribution in [0, 0.1) is 11.8 Å². The highest BCUT2D eigenvalue weighted by Crippen LogP contribution is 2.24. The molecule has 0 spiro atoms. The molecular weight excluding hydrogens is 264 g/mol. The van der Waals surface area contributed by atoms with E-state index in [4.69, 9.17) is 0 Å². The second kappa shape index (κ2) is 7.81. The Morgan fingerprint density at radius 2 is 1.71 bits per heavy atom. The van der Waals surface area contributed by atoms with Gasteiger partial charge in [0, 0.05) is 6.04 Å². The maximum atomic E-state index is 12.7. The first-order chi connectivity index (χ1) is 9.79. The molecule has 0 bridgehead atoms. The van der Waals surface area contributed by atoms with Crippen molar-refractivity contribution in [3.05, 3.63) is 0 Å². The van der Waals surface area contributed by atoms with Gasteiger partial charge < -0.3 is 10.2 Å². The summed E-state index contributed by atoms with van der Waals surface area (Å²) in [6.07, 6.45) is 3.90. The summed E-state index contributed by atoms with van der Waals surface area (Å²) in [5.74, 6) is 0.918. The van der Waals surface area contributed by atoms with Gasteiger partial charge in [-0.15, -0.1) is 0 Å². The van der Waals surface area contributed by atoms with Crippen molar-refractivity contribution in [2.45, 2.75) is 85.4 Å². The van der Waals surface area contributed by atoms with E-state index in [-0.39, 0.29) is 35.9 Å². The van der Waals surface area contributed by atoms with Crippen LogP contribution in [-0.4, -0.2) is 34.8 Å². The Balaban J connectivity index is 2.84. The van der Waals surface area contributed by atoms with Gasteiger partial charge in [-0.2, -0.15) is 0 Å². The van der Waals surface area contributed by atoms with Gasteiger partial charge in [-0.3, -0.25) is 9.59 Å². The first kappa shape index (κ1) is 18.0.